The van der Waals surface area contributed by atoms with Gasteiger partial charge in [0.25, 0.3) is 0 Å². The van der Waals surface area contributed by atoms with Crippen LogP contribution in [0.25, 0.3) is 0 Å². The van der Waals surface area contributed by atoms with Crippen LogP contribution in [0.5, 0.6) is 0 Å². The summed E-state index contributed by atoms with van der Waals surface area (Å²) in [6.45, 7) is 2.84. The molecular formula is C13H18N2O3. The summed E-state index contributed by atoms with van der Waals surface area (Å²) in [5, 5.41) is 12.1. The minimum atomic E-state index is -1.01. The number of nitrogens with one attached hydrogen (secondary N) is 1. The molecule has 1 aromatic heterocycles. The van der Waals surface area contributed by atoms with Gasteiger partial charge in [-0.3, -0.25) is 0 Å². The molecule has 1 fully saturated rings. The average molecular weight is 250 g/mol. The highest BCUT2D eigenvalue weighted by molar-refractivity contribution is 5.85. The van der Waals surface area contributed by atoms with E-state index in [4.69, 9.17) is 9.84 Å². The van der Waals surface area contributed by atoms with Crippen LogP contribution in [-0.4, -0.2) is 34.8 Å². The first-order valence-corrected chi connectivity index (χ1v) is 6.25. The SMILES string of the molecule is CC(Nc1cccc(C(=O)O)n1)C1CCCCO1. The molecule has 0 amide bonds. The molecule has 1 aromatic rings. The first-order chi connectivity index (χ1) is 8.66. The van der Waals surface area contributed by atoms with Gasteiger partial charge in [0.1, 0.15) is 5.82 Å². The van der Waals surface area contributed by atoms with Crippen molar-refractivity contribution in [3.05, 3.63) is 23.9 Å². The molecule has 0 bridgehead atoms. The van der Waals surface area contributed by atoms with Crippen LogP contribution in [0.15, 0.2) is 18.2 Å². The summed E-state index contributed by atoms with van der Waals surface area (Å²) in [5.41, 5.74) is 0.0526. The van der Waals surface area contributed by atoms with Gasteiger partial charge in [0.15, 0.2) is 5.69 Å². The van der Waals surface area contributed by atoms with Crippen LogP contribution >= 0.6 is 0 Å². The Bertz CT molecular complexity index is 416. The van der Waals surface area contributed by atoms with Crippen LogP contribution in [0, 0.1) is 0 Å². The Morgan fingerprint density at radius 1 is 1.56 bits per heavy atom. The Labute approximate surface area is 106 Å². The van der Waals surface area contributed by atoms with E-state index >= 15 is 0 Å². The van der Waals surface area contributed by atoms with Gasteiger partial charge in [0.2, 0.25) is 0 Å². The van der Waals surface area contributed by atoms with Gasteiger partial charge in [-0.05, 0) is 38.3 Å². The number of nitrogens with zero attached hydrogens (tertiary/aromatic N) is 1. The summed E-state index contributed by atoms with van der Waals surface area (Å²) in [6.07, 6.45) is 3.51. The molecule has 2 N–H and O–H groups in total. The molecule has 18 heavy (non-hydrogen) atoms. The van der Waals surface area contributed by atoms with Crippen LogP contribution in [0.4, 0.5) is 5.82 Å². The van der Waals surface area contributed by atoms with Crippen LogP contribution < -0.4 is 5.32 Å². The maximum Gasteiger partial charge on any atom is 0.354 e. The summed E-state index contributed by atoms with van der Waals surface area (Å²) in [5.74, 6) is -0.434. The van der Waals surface area contributed by atoms with Crippen molar-refractivity contribution in [2.75, 3.05) is 11.9 Å². The average Bonchev–Trinajstić information content (AvgIpc) is 2.40. The maximum absolute atomic E-state index is 10.8. The first-order valence-electron chi connectivity index (χ1n) is 6.25. The third kappa shape index (κ3) is 3.20. The normalized spacial score (nSPS) is 21.3. The van der Waals surface area contributed by atoms with Crippen molar-refractivity contribution in [1.82, 2.24) is 4.98 Å². The van der Waals surface area contributed by atoms with E-state index in [1.54, 1.807) is 12.1 Å². The lowest BCUT2D eigenvalue weighted by Gasteiger charge is -2.29. The van der Waals surface area contributed by atoms with Gasteiger partial charge < -0.3 is 15.2 Å². The fraction of sp³-hybridized carbons (Fsp3) is 0.538. The monoisotopic (exact) mass is 250 g/mol. The molecule has 2 unspecified atom stereocenters. The molecule has 0 radical (unpaired) electrons. The van der Waals surface area contributed by atoms with E-state index in [0.717, 1.165) is 19.4 Å². The lowest BCUT2D eigenvalue weighted by Crippen LogP contribution is -2.35. The van der Waals surface area contributed by atoms with Gasteiger partial charge >= 0.3 is 5.97 Å². The zero-order valence-corrected chi connectivity index (χ0v) is 10.4. The Morgan fingerprint density at radius 2 is 2.39 bits per heavy atom. The number of carboxylic acid groups (broad SMARTS) is 1. The second-order valence-corrected chi connectivity index (χ2v) is 4.55. The van der Waals surface area contributed by atoms with Gasteiger partial charge in [-0.2, -0.15) is 0 Å². The number of hydrogen-bond acceptors (Lipinski definition) is 4. The highest BCUT2D eigenvalue weighted by atomic mass is 16.5. The van der Waals surface area contributed by atoms with Crippen molar-refractivity contribution < 1.29 is 14.6 Å². The number of hydrogen-bond donors (Lipinski definition) is 2. The molecule has 0 aromatic carbocycles. The van der Waals surface area contributed by atoms with Crippen molar-refractivity contribution in [2.24, 2.45) is 0 Å². The molecule has 1 saturated heterocycles. The van der Waals surface area contributed by atoms with Gasteiger partial charge in [-0.1, -0.05) is 6.07 Å². The van der Waals surface area contributed by atoms with Crippen LogP contribution in [0.1, 0.15) is 36.7 Å². The fourth-order valence-corrected chi connectivity index (χ4v) is 2.12. The minimum absolute atomic E-state index is 0.0526. The van der Waals surface area contributed by atoms with E-state index in [0.29, 0.717) is 5.82 Å². The second kappa shape index (κ2) is 5.82. The minimum Gasteiger partial charge on any atom is -0.477 e. The third-order valence-corrected chi connectivity index (χ3v) is 3.12. The smallest absolute Gasteiger partial charge is 0.354 e. The second-order valence-electron chi connectivity index (χ2n) is 4.55. The van der Waals surface area contributed by atoms with E-state index in [9.17, 15) is 4.79 Å². The van der Waals surface area contributed by atoms with Crippen LogP contribution in [0.2, 0.25) is 0 Å². The summed E-state index contributed by atoms with van der Waals surface area (Å²) < 4.78 is 5.68. The zero-order chi connectivity index (χ0) is 13.0. The Kier molecular flexibility index (Phi) is 4.15. The van der Waals surface area contributed by atoms with Crippen molar-refractivity contribution in [3.8, 4) is 0 Å². The van der Waals surface area contributed by atoms with E-state index in [2.05, 4.69) is 10.3 Å². The highest BCUT2D eigenvalue weighted by Gasteiger charge is 2.21. The van der Waals surface area contributed by atoms with Crippen molar-refractivity contribution in [3.63, 3.8) is 0 Å². The number of carbonyl (C=O) groups is 1. The fourth-order valence-electron chi connectivity index (χ4n) is 2.12. The number of carboxylic acids is 1. The van der Waals surface area contributed by atoms with Crippen LogP contribution in [0.3, 0.4) is 0 Å². The Hall–Kier alpha value is -1.62. The van der Waals surface area contributed by atoms with Gasteiger partial charge in [0.05, 0.1) is 12.1 Å². The first kappa shape index (κ1) is 12.8. The molecule has 1 aliphatic rings. The summed E-state index contributed by atoms with van der Waals surface area (Å²) in [4.78, 5) is 14.9. The summed E-state index contributed by atoms with van der Waals surface area (Å²) in [6, 6.07) is 5.07. The van der Waals surface area contributed by atoms with Crippen molar-refractivity contribution in [2.45, 2.75) is 38.3 Å². The van der Waals surface area contributed by atoms with Crippen molar-refractivity contribution >= 4 is 11.8 Å². The molecular weight excluding hydrogens is 232 g/mol. The molecule has 0 spiro atoms. The number of aromatic nitrogens is 1. The van der Waals surface area contributed by atoms with Gasteiger partial charge in [-0.25, -0.2) is 9.78 Å². The topological polar surface area (TPSA) is 71.5 Å². The number of pyridine rings is 1. The van der Waals surface area contributed by atoms with E-state index in [1.807, 2.05) is 6.92 Å². The molecule has 0 aliphatic carbocycles. The maximum atomic E-state index is 10.8. The van der Waals surface area contributed by atoms with Crippen LogP contribution in [-0.2, 0) is 4.74 Å². The molecule has 1 aliphatic heterocycles. The Balaban J connectivity index is 1.99. The zero-order valence-electron chi connectivity index (χ0n) is 10.4. The van der Waals surface area contributed by atoms with Gasteiger partial charge in [-0.15, -0.1) is 0 Å². The van der Waals surface area contributed by atoms with Crippen molar-refractivity contribution in [1.29, 1.82) is 0 Å². The molecule has 5 heteroatoms. The number of anilines is 1. The molecule has 0 saturated carbocycles. The molecule has 2 rings (SSSR count). The predicted octanol–water partition coefficient (Wildman–Crippen LogP) is 2.15. The highest BCUT2D eigenvalue weighted by Crippen LogP contribution is 2.18. The quantitative estimate of drug-likeness (QED) is 0.856. The number of aromatic carboxylic acids is 1. The summed E-state index contributed by atoms with van der Waals surface area (Å²) >= 11 is 0. The predicted molar refractivity (Wildman–Crippen MR) is 67.9 cm³/mol. The molecule has 98 valence electrons. The van der Waals surface area contributed by atoms with E-state index < -0.39 is 5.97 Å². The lowest BCUT2D eigenvalue weighted by molar-refractivity contribution is 0.00780. The molecule has 2 heterocycles. The number of ether oxygens (including phenoxy) is 1. The standard InChI is InChI=1S/C13H18N2O3/c1-9(11-6-2-3-8-18-11)14-12-7-4-5-10(15-12)13(16)17/h4-5,7,9,11H,2-3,6,8H2,1H3,(H,14,15)(H,16,17). The Morgan fingerprint density at radius 3 is 3.06 bits per heavy atom. The van der Waals surface area contributed by atoms with Gasteiger partial charge in [0, 0.05) is 6.61 Å². The molecule has 5 nitrogen and oxygen atoms in total. The third-order valence-electron chi connectivity index (χ3n) is 3.12. The lowest BCUT2D eigenvalue weighted by atomic mass is 10.0. The molecule has 2 atom stereocenters. The summed E-state index contributed by atoms with van der Waals surface area (Å²) in [7, 11) is 0. The van der Waals surface area contributed by atoms with E-state index in [1.165, 1.54) is 12.5 Å². The number of rotatable bonds is 4. The largest absolute Gasteiger partial charge is 0.477 e. The van der Waals surface area contributed by atoms with E-state index in [-0.39, 0.29) is 17.8 Å².